The molecule has 3 rings (SSSR count). The molecular weight excluding hydrogens is 254 g/mol. The van der Waals surface area contributed by atoms with Crippen molar-refractivity contribution in [2.45, 2.75) is 52.6 Å². The second-order valence-corrected chi connectivity index (χ2v) is 5.51. The van der Waals surface area contributed by atoms with Gasteiger partial charge in [-0.05, 0) is 40.2 Å². The Balaban J connectivity index is 1.78. The Bertz CT molecular complexity index is 569. The van der Waals surface area contributed by atoms with E-state index in [1.807, 2.05) is 20.8 Å². The molecular formula is C14H21N5O. The predicted octanol–water partition coefficient (Wildman–Crippen LogP) is 2.45. The highest BCUT2D eigenvalue weighted by molar-refractivity contribution is 5.06. The van der Waals surface area contributed by atoms with Crippen LogP contribution in [0.5, 0.6) is 0 Å². The molecule has 1 fully saturated rings. The van der Waals surface area contributed by atoms with Crippen LogP contribution in [-0.4, -0.2) is 31.6 Å². The van der Waals surface area contributed by atoms with Crippen molar-refractivity contribution in [3.05, 3.63) is 29.0 Å². The number of aromatic amines is 1. The van der Waals surface area contributed by atoms with E-state index in [-0.39, 0.29) is 6.04 Å². The van der Waals surface area contributed by atoms with Gasteiger partial charge in [0.25, 0.3) is 0 Å². The van der Waals surface area contributed by atoms with Crippen LogP contribution in [0.1, 0.15) is 54.3 Å². The maximum Gasteiger partial charge on any atom is 0.208 e. The molecule has 0 amide bonds. The van der Waals surface area contributed by atoms with E-state index in [9.17, 15) is 0 Å². The number of aromatic nitrogens is 4. The number of hydrogen-bond acceptors (Lipinski definition) is 5. The van der Waals surface area contributed by atoms with Crippen molar-refractivity contribution in [3.63, 3.8) is 0 Å². The highest BCUT2D eigenvalue weighted by Crippen LogP contribution is 2.30. The van der Waals surface area contributed by atoms with E-state index in [1.165, 1.54) is 12.8 Å². The van der Waals surface area contributed by atoms with Gasteiger partial charge in [-0.1, -0.05) is 6.42 Å². The Kier molecular flexibility index (Phi) is 3.56. The molecule has 0 aliphatic carbocycles. The van der Waals surface area contributed by atoms with E-state index in [2.05, 4.69) is 25.1 Å². The van der Waals surface area contributed by atoms with Crippen molar-refractivity contribution in [2.24, 2.45) is 0 Å². The topological polar surface area (TPSA) is 70.8 Å². The summed E-state index contributed by atoms with van der Waals surface area (Å²) in [6.07, 6.45) is 3.52. The molecule has 0 radical (unpaired) electrons. The Hall–Kier alpha value is -1.69. The summed E-state index contributed by atoms with van der Waals surface area (Å²) in [6.45, 7) is 7.64. The van der Waals surface area contributed by atoms with Gasteiger partial charge in [-0.15, -0.1) is 0 Å². The molecule has 0 saturated carbocycles. The molecule has 108 valence electrons. The lowest BCUT2D eigenvalue weighted by Crippen LogP contribution is -2.33. The monoisotopic (exact) mass is 275 g/mol. The maximum atomic E-state index is 5.71. The molecule has 2 aromatic heterocycles. The van der Waals surface area contributed by atoms with Gasteiger partial charge in [-0.25, -0.2) is 9.97 Å². The first-order valence-electron chi connectivity index (χ1n) is 7.19. The van der Waals surface area contributed by atoms with Crippen LogP contribution in [0.4, 0.5) is 0 Å². The molecule has 1 saturated heterocycles. The zero-order valence-corrected chi connectivity index (χ0v) is 12.3. The standard InChI is InChI=1S/C14H21N5O/c1-9-10(2)20-13(15-9)8-19-7-5-4-6-12(19)14-16-11(3)17-18-14/h12H,4-8H2,1-3H3,(H,16,17,18). The summed E-state index contributed by atoms with van der Waals surface area (Å²) < 4.78 is 5.71. The number of rotatable bonds is 3. The van der Waals surface area contributed by atoms with Gasteiger partial charge >= 0.3 is 0 Å². The van der Waals surface area contributed by atoms with Gasteiger partial charge in [0.05, 0.1) is 18.3 Å². The van der Waals surface area contributed by atoms with Gasteiger partial charge in [-0.2, -0.15) is 5.10 Å². The molecule has 1 atom stereocenters. The van der Waals surface area contributed by atoms with E-state index in [4.69, 9.17) is 4.42 Å². The molecule has 1 aliphatic rings. The number of likely N-dealkylation sites (tertiary alicyclic amines) is 1. The molecule has 1 unspecified atom stereocenters. The number of nitrogens with zero attached hydrogens (tertiary/aromatic N) is 4. The Morgan fingerprint density at radius 3 is 2.75 bits per heavy atom. The van der Waals surface area contributed by atoms with Crippen LogP contribution in [-0.2, 0) is 6.54 Å². The third-order valence-electron chi connectivity index (χ3n) is 3.94. The fraction of sp³-hybridized carbons (Fsp3) is 0.643. The van der Waals surface area contributed by atoms with Crippen LogP contribution in [0, 0.1) is 20.8 Å². The highest BCUT2D eigenvalue weighted by atomic mass is 16.4. The molecule has 20 heavy (non-hydrogen) atoms. The quantitative estimate of drug-likeness (QED) is 0.931. The number of H-pyrrole nitrogens is 1. The summed E-state index contributed by atoms with van der Waals surface area (Å²) >= 11 is 0. The number of piperidine rings is 1. The van der Waals surface area contributed by atoms with Crippen LogP contribution in [0.25, 0.3) is 0 Å². The third-order valence-corrected chi connectivity index (χ3v) is 3.94. The van der Waals surface area contributed by atoms with Crippen LogP contribution >= 0.6 is 0 Å². The molecule has 3 heterocycles. The van der Waals surface area contributed by atoms with Crippen molar-refractivity contribution in [2.75, 3.05) is 6.54 Å². The lowest BCUT2D eigenvalue weighted by atomic mass is 10.0. The van der Waals surface area contributed by atoms with Crippen LogP contribution in [0.2, 0.25) is 0 Å². The van der Waals surface area contributed by atoms with Crippen molar-refractivity contribution >= 4 is 0 Å². The second kappa shape index (κ2) is 5.36. The van der Waals surface area contributed by atoms with Crippen LogP contribution < -0.4 is 0 Å². The van der Waals surface area contributed by atoms with E-state index in [0.29, 0.717) is 0 Å². The predicted molar refractivity (Wildman–Crippen MR) is 74.1 cm³/mol. The van der Waals surface area contributed by atoms with Crippen molar-refractivity contribution in [3.8, 4) is 0 Å². The van der Waals surface area contributed by atoms with Crippen molar-refractivity contribution < 1.29 is 4.42 Å². The lowest BCUT2D eigenvalue weighted by molar-refractivity contribution is 0.121. The Morgan fingerprint density at radius 2 is 2.10 bits per heavy atom. The number of aryl methyl sites for hydroxylation is 3. The minimum absolute atomic E-state index is 0.265. The molecule has 2 aromatic rings. The average molecular weight is 275 g/mol. The van der Waals surface area contributed by atoms with Gasteiger partial charge in [0, 0.05) is 0 Å². The molecule has 6 nitrogen and oxygen atoms in total. The highest BCUT2D eigenvalue weighted by Gasteiger charge is 2.28. The van der Waals surface area contributed by atoms with Gasteiger partial charge in [-0.3, -0.25) is 10.00 Å². The van der Waals surface area contributed by atoms with E-state index < -0.39 is 0 Å². The molecule has 1 aliphatic heterocycles. The van der Waals surface area contributed by atoms with E-state index in [0.717, 1.165) is 48.5 Å². The summed E-state index contributed by atoms with van der Waals surface area (Å²) in [5.74, 6) is 3.46. The van der Waals surface area contributed by atoms with Gasteiger partial charge in [0.1, 0.15) is 11.6 Å². The molecule has 6 heteroatoms. The fourth-order valence-corrected chi connectivity index (χ4v) is 2.76. The third kappa shape index (κ3) is 2.60. The molecule has 0 bridgehead atoms. The second-order valence-electron chi connectivity index (χ2n) is 5.51. The normalized spacial score (nSPS) is 20.4. The van der Waals surface area contributed by atoms with Gasteiger partial charge in [0.15, 0.2) is 5.82 Å². The molecule has 1 N–H and O–H groups in total. The molecule has 0 spiro atoms. The zero-order chi connectivity index (χ0) is 14.1. The maximum absolute atomic E-state index is 5.71. The summed E-state index contributed by atoms with van der Waals surface area (Å²) in [4.78, 5) is 11.3. The number of nitrogens with one attached hydrogen (secondary N) is 1. The van der Waals surface area contributed by atoms with Crippen molar-refractivity contribution in [1.29, 1.82) is 0 Å². The first kappa shape index (κ1) is 13.3. The summed E-state index contributed by atoms with van der Waals surface area (Å²) in [7, 11) is 0. The first-order chi connectivity index (χ1) is 9.63. The summed E-state index contributed by atoms with van der Waals surface area (Å²) in [5, 5.41) is 7.26. The van der Waals surface area contributed by atoms with Gasteiger partial charge in [0.2, 0.25) is 5.89 Å². The largest absolute Gasteiger partial charge is 0.444 e. The lowest BCUT2D eigenvalue weighted by Gasteiger charge is -2.32. The minimum atomic E-state index is 0.265. The van der Waals surface area contributed by atoms with E-state index in [1.54, 1.807) is 0 Å². The fourth-order valence-electron chi connectivity index (χ4n) is 2.76. The zero-order valence-electron chi connectivity index (χ0n) is 12.3. The Morgan fingerprint density at radius 1 is 1.25 bits per heavy atom. The number of hydrogen-bond donors (Lipinski definition) is 1. The van der Waals surface area contributed by atoms with Crippen LogP contribution in [0.3, 0.4) is 0 Å². The first-order valence-corrected chi connectivity index (χ1v) is 7.19. The summed E-state index contributed by atoms with van der Waals surface area (Å²) in [6, 6.07) is 0.265. The van der Waals surface area contributed by atoms with Crippen molar-refractivity contribution in [1.82, 2.24) is 25.1 Å². The Labute approximate surface area is 118 Å². The van der Waals surface area contributed by atoms with Crippen LogP contribution in [0.15, 0.2) is 4.42 Å². The van der Waals surface area contributed by atoms with Gasteiger partial charge < -0.3 is 4.42 Å². The minimum Gasteiger partial charge on any atom is -0.444 e. The summed E-state index contributed by atoms with van der Waals surface area (Å²) in [5.41, 5.74) is 0.974. The SMILES string of the molecule is Cc1nc(C2CCCCN2Cc2nc(C)c(C)o2)n[nH]1. The molecule has 0 aromatic carbocycles. The smallest absolute Gasteiger partial charge is 0.208 e. The average Bonchev–Trinajstić information content (AvgIpc) is 2.97. The van der Waals surface area contributed by atoms with E-state index >= 15 is 0 Å². The number of oxazole rings is 1.